The second-order valence-corrected chi connectivity index (χ2v) is 5.40. The fraction of sp³-hybridized carbons (Fsp3) is 0.211. The minimum Gasteiger partial charge on any atom is -0.496 e. The summed E-state index contributed by atoms with van der Waals surface area (Å²) >= 11 is 0. The monoisotopic (exact) mass is 337 g/mol. The highest BCUT2D eigenvalue weighted by Crippen LogP contribution is 2.33. The number of hydrogen-bond donors (Lipinski definition) is 1. The Morgan fingerprint density at radius 1 is 1.08 bits per heavy atom. The first-order valence-electron chi connectivity index (χ1n) is 7.90. The molecule has 6 heteroatoms. The van der Waals surface area contributed by atoms with Gasteiger partial charge in [-0.2, -0.15) is 0 Å². The van der Waals surface area contributed by atoms with Crippen molar-refractivity contribution in [1.29, 1.82) is 0 Å². The molecule has 1 amide bonds. The zero-order chi connectivity index (χ0) is 17.6. The zero-order valence-electron chi connectivity index (χ0n) is 14.2. The second-order valence-electron chi connectivity index (χ2n) is 5.40. The maximum atomic E-state index is 12.3. The highest BCUT2D eigenvalue weighted by molar-refractivity contribution is 5.99. The Kier molecular flexibility index (Phi) is 5.20. The average molecular weight is 337 g/mol. The fourth-order valence-electron chi connectivity index (χ4n) is 2.59. The van der Waals surface area contributed by atoms with Gasteiger partial charge in [-0.25, -0.2) is 4.98 Å². The van der Waals surface area contributed by atoms with Crippen LogP contribution in [0.2, 0.25) is 0 Å². The number of hydrogen-bond acceptors (Lipinski definition) is 5. The highest BCUT2D eigenvalue weighted by Gasteiger charge is 2.13. The molecule has 2 heterocycles. The van der Waals surface area contributed by atoms with Crippen LogP contribution in [0.4, 0.5) is 0 Å². The Hall–Kier alpha value is -2.99. The van der Waals surface area contributed by atoms with Gasteiger partial charge in [0.05, 0.1) is 19.2 Å². The van der Waals surface area contributed by atoms with Crippen molar-refractivity contribution in [2.45, 2.75) is 0 Å². The number of ether oxygens (including phenoxy) is 2. The summed E-state index contributed by atoms with van der Waals surface area (Å²) in [5, 5.41) is 3.64. The number of rotatable bonds is 6. The van der Waals surface area contributed by atoms with Gasteiger partial charge in [-0.05, 0) is 18.2 Å². The molecule has 0 aliphatic heterocycles. The molecule has 0 saturated heterocycles. The summed E-state index contributed by atoms with van der Waals surface area (Å²) in [5.41, 5.74) is 2.76. The van der Waals surface area contributed by atoms with E-state index in [0.717, 1.165) is 22.3 Å². The molecule has 0 fully saturated rings. The topological polar surface area (TPSA) is 73.3 Å². The van der Waals surface area contributed by atoms with Gasteiger partial charge in [0, 0.05) is 42.6 Å². The van der Waals surface area contributed by atoms with Gasteiger partial charge in [0.25, 0.3) is 5.91 Å². The second kappa shape index (κ2) is 7.72. The Morgan fingerprint density at radius 2 is 1.92 bits per heavy atom. The van der Waals surface area contributed by atoms with Crippen molar-refractivity contribution < 1.29 is 14.3 Å². The largest absolute Gasteiger partial charge is 0.496 e. The van der Waals surface area contributed by atoms with Crippen LogP contribution in [0, 0.1) is 0 Å². The molecule has 3 rings (SSSR count). The number of para-hydroxylation sites is 1. The molecular formula is C19H19N3O3. The molecular weight excluding hydrogens is 318 g/mol. The van der Waals surface area contributed by atoms with Crippen molar-refractivity contribution in [3.8, 4) is 16.9 Å². The summed E-state index contributed by atoms with van der Waals surface area (Å²) in [4.78, 5) is 21.1. The summed E-state index contributed by atoms with van der Waals surface area (Å²) in [6, 6.07) is 11.2. The Morgan fingerprint density at radius 3 is 2.72 bits per heavy atom. The number of methoxy groups -OCH3 is 2. The molecule has 1 N–H and O–H groups in total. The van der Waals surface area contributed by atoms with Crippen molar-refractivity contribution in [1.82, 2.24) is 15.3 Å². The van der Waals surface area contributed by atoms with E-state index < -0.39 is 0 Å². The van der Waals surface area contributed by atoms with E-state index in [1.54, 1.807) is 32.7 Å². The molecule has 0 saturated carbocycles. The highest BCUT2D eigenvalue weighted by atomic mass is 16.5. The van der Waals surface area contributed by atoms with E-state index in [9.17, 15) is 4.79 Å². The Bertz CT molecular complexity index is 896. The van der Waals surface area contributed by atoms with Crippen molar-refractivity contribution in [2.75, 3.05) is 27.4 Å². The lowest BCUT2D eigenvalue weighted by molar-refractivity contribution is 0.0932. The third-order valence-corrected chi connectivity index (χ3v) is 3.82. The number of aromatic nitrogens is 2. The number of benzene rings is 1. The maximum Gasteiger partial charge on any atom is 0.269 e. The lowest BCUT2D eigenvalue weighted by Gasteiger charge is -2.11. The van der Waals surface area contributed by atoms with E-state index in [0.29, 0.717) is 24.4 Å². The van der Waals surface area contributed by atoms with Gasteiger partial charge in [-0.15, -0.1) is 0 Å². The standard InChI is InChI=1S/C19H19N3O3/c1-24-10-9-21-19(23)16-8-7-13-11-20-12-15(18(13)22-16)14-5-3-4-6-17(14)25-2/h3-8,11-12H,9-10H2,1-2H3,(H,21,23). The van der Waals surface area contributed by atoms with Crippen LogP contribution in [0.5, 0.6) is 5.75 Å². The first-order valence-corrected chi connectivity index (χ1v) is 7.90. The van der Waals surface area contributed by atoms with E-state index in [4.69, 9.17) is 9.47 Å². The summed E-state index contributed by atoms with van der Waals surface area (Å²) in [6.07, 6.45) is 3.47. The van der Waals surface area contributed by atoms with E-state index in [1.165, 1.54) is 0 Å². The predicted octanol–water partition coefficient (Wildman–Crippen LogP) is 2.68. The normalized spacial score (nSPS) is 10.6. The molecule has 2 aromatic heterocycles. The van der Waals surface area contributed by atoms with E-state index in [-0.39, 0.29) is 5.91 Å². The van der Waals surface area contributed by atoms with Gasteiger partial charge in [-0.1, -0.05) is 18.2 Å². The van der Waals surface area contributed by atoms with Crippen LogP contribution in [0.15, 0.2) is 48.8 Å². The number of nitrogens with zero attached hydrogens (tertiary/aromatic N) is 2. The van der Waals surface area contributed by atoms with Crippen LogP contribution in [0.1, 0.15) is 10.5 Å². The van der Waals surface area contributed by atoms with Gasteiger partial charge >= 0.3 is 0 Å². The van der Waals surface area contributed by atoms with Crippen LogP contribution in [-0.4, -0.2) is 43.2 Å². The van der Waals surface area contributed by atoms with Gasteiger partial charge in [0.15, 0.2) is 0 Å². The lowest BCUT2D eigenvalue weighted by atomic mass is 10.0. The number of fused-ring (bicyclic) bond motifs is 1. The summed E-state index contributed by atoms with van der Waals surface area (Å²) in [6.45, 7) is 0.889. The third-order valence-electron chi connectivity index (χ3n) is 3.82. The molecule has 3 aromatic rings. The molecule has 0 bridgehead atoms. The molecule has 6 nitrogen and oxygen atoms in total. The van der Waals surface area contributed by atoms with Gasteiger partial charge in [0.2, 0.25) is 0 Å². The number of carbonyl (C=O) groups is 1. The molecule has 0 unspecified atom stereocenters. The summed E-state index contributed by atoms with van der Waals surface area (Å²) in [5.74, 6) is 0.496. The predicted molar refractivity (Wildman–Crippen MR) is 95.7 cm³/mol. The minimum atomic E-state index is -0.235. The van der Waals surface area contributed by atoms with Crippen LogP contribution in [0.25, 0.3) is 22.0 Å². The van der Waals surface area contributed by atoms with Crippen LogP contribution < -0.4 is 10.1 Å². The number of nitrogens with one attached hydrogen (secondary N) is 1. The lowest BCUT2D eigenvalue weighted by Crippen LogP contribution is -2.27. The van der Waals surface area contributed by atoms with Gasteiger partial charge < -0.3 is 14.8 Å². The van der Waals surface area contributed by atoms with Gasteiger partial charge in [0.1, 0.15) is 11.4 Å². The van der Waals surface area contributed by atoms with Crippen LogP contribution in [0.3, 0.4) is 0 Å². The smallest absolute Gasteiger partial charge is 0.269 e. The Labute approximate surface area is 145 Å². The molecule has 0 spiro atoms. The Balaban J connectivity index is 2.05. The average Bonchev–Trinajstić information content (AvgIpc) is 2.67. The van der Waals surface area contributed by atoms with E-state index >= 15 is 0 Å². The number of carbonyl (C=O) groups excluding carboxylic acids is 1. The molecule has 0 atom stereocenters. The maximum absolute atomic E-state index is 12.3. The van der Waals surface area contributed by atoms with Crippen LogP contribution >= 0.6 is 0 Å². The van der Waals surface area contributed by atoms with Crippen molar-refractivity contribution in [2.24, 2.45) is 0 Å². The van der Waals surface area contributed by atoms with Crippen molar-refractivity contribution in [3.05, 3.63) is 54.5 Å². The number of pyridine rings is 2. The summed E-state index contributed by atoms with van der Waals surface area (Å²) in [7, 11) is 3.21. The minimum absolute atomic E-state index is 0.235. The third kappa shape index (κ3) is 3.59. The summed E-state index contributed by atoms with van der Waals surface area (Å²) < 4.78 is 10.4. The van der Waals surface area contributed by atoms with E-state index in [1.807, 2.05) is 30.3 Å². The first kappa shape index (κ1) is 16.9. The van der Waals surface area contributed by atoms with Gasteiger partial charge in [-0.3, -0.25) is 9.78 Å². The molecule has 0 aliphatic rings. The zero-order valence-corrected chi connectivity index (χ0v) is 14.2. The van der Waals surface area contributed by atoms with Crippen molar-refractivity contribution >= 4 is 16.8 Å². The molecule has 25 heavy (non-hydrogen) atoms. The molecule has 128 valence electrons. The number of amides is 1. The quantitative estimate of drug-likeness (QED) is 0.700. The molecule has 1 aromatic carbocycles. The SMILES string of the molecule is COCCNC(=O)c1ccc2cncc(-c3ccccc3OC)c2n1. The van der Waals surface area contributed by atoms with E-state index in [2.05, 4.69) is 15.3 Å². The molecule has 0 radical (unpaired) electrons. The van der Waals surface area contributed by atoms with Crippen molar-refractivity contribution in [3.63, 3.8) is 0 Å². The molecule has 0 aliphatic carbocycles. The fourth-order valence-corrected chi connectivity index (χ4v) is 2.59. The first-order chi connectivity index (χ1) is 12.2. The van der Waals surface area contributed by atoms with Crippen LogP contribution in [-0.2, 0) is 4.74 Å².